The van der Waals surface area contributed by atoms with E-state index in [4.69, 9.17) is 0 Å². The van der Waals surface area contributed by atoms with Crippen molar-refractivity contribution in [3.63, 3.8) is 0 Å². The average molecular weight is 347 g/mol. The second kappa shape index (κ2) is 7.61. The van der Waals surface area contributed by atoms with E-state index in [2.05, 4.69) is 15.6 Å². The van der Waals surface area contributed by atoms with E-state index in [1.54, 1.807) is 11.8 Å². The van der Waals surface area contributed by atoms with Crippen LogP contribution in [0.3, 0.4) is 0 Å². The zero-order chi connectivity index (χ0) is 16.1. The molecule has 2 N–H and O–H groups in total. The Morgan fingerprint density at radius 3 is 3.00 bits per heavy atom. The lowest BCUT2D eigenvalue weighted by atomic mass is 10.2. The van der Waals surface area contributed by atoms with E-state index in [1.165, 1.54) is 16.9 Å². The first-order valence-electron chi connectivity index (χ1n) is 7.42. The van der Waals surface area contributed by atoms with Gasteiger partial charge in [-0.05, 0) is 18.4 Å². The number of aromatic nitrogens is 1. The quantitative estimate of drug-likeness (QED) is 0.872. The summed E-state index contributed by atoms with van der Waals surface area (Å²) in [5.41, 5.74) is 1.99. The van der Waals surface area contributed by atoms with Crippen molar-refractivity contribution in [3.8, 4) is 0 Å². The number of amides is 2. The zero-order valence-corrected chi connectivity index (χ0v) is 14.1. The molecule has 1 aliphatic rings. The molecule has 0 aliphatic carbocycles. The van der Waals surface area contributed by atoms with E-state index in [-0.39, 0.29) is 11.8 Å². The Labute approximate surface area is 142 Å². The van der Waals surface area contributed by atoms with Gasteiger partial charge in [-0.1, -0.05) is 41.7 Å². The van der Waals surface area contributed by atoms with Gasteiger partial charge >= 0.3 is 0 Å². The van der Waals surface area contributed by atoms with Gasteiger partial charge in [-0.3, -0.25) is 9.59 Å². The average Bonchev–Trinajstić information content (AvgIpc) is 2.87. The molecule has 3 rings (SSSR count). The fourth-order valence-electron chi connectivity index (χ4n) is 2.28. The molecule has 0 fully saturated rings. The molecule has 1 aliphatic heterocycles. The summed E-state index contributed by atoms with van der Waals surface area (Å²) in [6, 6.07) is 10.0. The van der Waals surface area contributed by atoms with Crippen molar-refractivity contribution in [3.05, 3.63) is 46.5 Å². The molecule has 0 saturated heterocycles. The van der Waals surface area contributed by atoms with E-state index in [0.717, 1.165) is 24.3 Å². The van der Waals surface area contributed by atoms with Crippen LogP contribution in [0.15, 0.2) is 30.3 Å². The van der Waals surface area contributed by atoms with Crippen LogP contribution < -0.4 is 10.6 Å². The molecule has 0 bridgehead atoms. The van der Waals surface area contributed by atoms with Gasteiger partial charge in [0.15, 0.2) is 5.13 Å². The Bertz CT molecular complexity index is 701. The van der Waals surface area contributed by atoms with Gasteiger partial charge in [0.25, 0.3) is 5.91 Å². The van der Waals surface area contributed by atoms with Crippen molar-refractivity contribution < 1.29 is 9.59 Å². The van der Waals surface area contributed by atoms with Crippen molar-refractivity contribution in [1.82, 2.24) is 10.3 Å². The minimum absolute atomic E-state index is 0.0877. The van der Waals surface area contributed by atoms with Gasteiger partial charge in [0, 0.05) is 12.3 Å². The van der Waals surface area contributed by atoms with Gasteiger partial charge in [0.1, 0.15) is 4.88 Å². The van der Waals surface area contributed by atoms with Crippen LogP contribution in [-0.2, 0) is 17.0 Å². The molecule has 23 heavy (non-hydrogen) atoms. The number of nitrogens with zero attached hydrogens (tertiary/aromatic N) is 1. The number of thioether (sulfide) groups is 1. The normalized spacial score (nSPS) is 13.8. The van der Waals surface area contributed by atoms with E-state index in [9.17, 15) is 9.59 Å². The summed E-state index contributed by atoms with van der Waals surface area (Å²) in [5, 5.41) is 6.14. The van der Waals surface area contributed by atoms with Gasteiger partial charge in [0.2, 0.25) is 5.91 Å². The highest BCUT2D eigenvalue weighted by Crippen LogP contribution is 2.25. The molecule has 0 saturated carbocycles. The third-order valence-electron chi connectivity index (χ3n) is 3.37. The molecule has 0 atom stereocenters. The van der Waals surface area contributed by atoms with Gasteiger partial charge in [0.05, 0.1) is 11.4 Å². The SMILES string of the molecule is O=C(CSCc1ccccc1)Nc1nc2c(s1)C(=O)NCCC2. The fraction of sp³-hybridized carbons (Fsp3) is 0.312. The summed E-state index contributed by atoms with van der Waals surface area (Å²) in [6.45, 7) is 0.680. The number of fused-ring (bicyclic) bond motifs is 1. The van der Waals surface area contributed by atoms with E-state index in [0.29, 0.717) is 22.3 Å². The summed E-state index contributed by atoms with van der Waals surface area (Å²) in [7, 11) is 0. The Kier molecular flexibility index (Phi) is 5.30. The van der Waals surface area contributed by atoms with Crippen LogP contribution in [0, 0.1) is 0 Å². The van der Waals surface area contributed by atoms with Crippen LogP contribution >= 0.6 is 23.1 Å². The van der Waals surface area contributed by atoms with Gasteiger partial charge in [-0.2, -0.15) is 0 Å². The molecular formula is C16H17N3O2S2. The van der Waals surface area contributed by atoms with Crippen molar-refractivity contribution in [2.45, 2.75) is 18.6 Å². The molecule has 2 heterocycles. The smallest absolute Gasteiger partial charge is 0.263 e. The predicted molar refractivity (Wildman–Crippen MR) is 94.0 cm³/mol. The summed E-state index contributed by atoms with van der Waals surface area (Å²) in [4.78, 5) is 28.9. The highest BCUT2D eigenvalue weighted by atomic mass is 32.2. The summed E-state index contributed by atoms with van der Waals surface area (Å²) in [5.74, 6) is 0.986. The highest BCUT2D eigenvalue weighted by Gasteiger charge is 2.21. The van der Waals surface area contributed by atoms with E-state index >= 15 is 0 Å². The Hall–Kier alpha value is -1.86. The van der Waals surface area contributed by atoms with Crippen LogP contribution in [0.5, 0.6) is 0 Å². The molecule has 0 unspecified atom stereocenters. The number of carbonyl (C=O) groups excluding carboxylic acids is 2. The first-order chi connectivity index (χ1) is 11.2. The standard InChI is InChI=1S/C16H17N3O2S2/c20-13(10-22-9-11-5-2-1-3-6-11)19-16-18-12-7-4-8-17-15(21)14(12)23-16/h1-3,5-6H,4,7-10H2,(H,17,21)(H,18,19,20). The highest BCUT2D eigenvalue weighted by molar-refractivity contribution is 7.99. The lowest BCUT2D eigenvalue weighted by Crippen LogP contribution is -2.21. The maximum absolute atomic E-state index is 12.0. The first-order valence-corrected chi connectivity index (χ1v) is 9.39. The molecule has 2 aromatic rings. The van der Waals surface area contributed by atoms with E-state index < -0.39 is 0 Å². The molecule has 120 valence electrons. The lowest BCUT2D eigenvalue weighted by Gasteiger charge is -2.02. The number of hydrogen-bond acceptors (Lipinski definition) is 5. The second-order valence-corrected chi connectivity index (χ2v) is 7.17. The van der Waals surface area contributed by atoms with Crippen LogP contribution in [0.2, 0.25) is 0 Å². The Morgan fingerprint density at radius 2 is 2.17 bits per heavy atom. The molecule has 1 aromatic heterocycles. The number of anilines is 1. The number of benzene rings is 1. The van der Waals surface area contributed by atoms with E-state index in [1.807, 2.05) is 30.3 Å². The van der Waals surface area contributed by atoms with Crippen LogP contribution in [0.1, 0.15) is 27.3 Å². The molecule has 7 heteroatoms. The Balaban J connectivity index is 1.52. The zero-order valence-electron chi connectivity index (χ0n) is 12.5. The maximum atomic E-state index is 12.0. The molecule has 2 amide bonds. The lowest BCUT2D eigenvalue weighted by molar-refractivity contribution is -0.113. The third-order valence-corrected chi connectivity index (χ3v) is 5.39. The predicted octanol–water partition coefficient (Wildman–Crippen LogP) is 2.69. The number of aryl methyl sites for hydroxylation is 1. The molecule has 1 aromatic carbocycles. The van der Waals surface area contributed by atoms with Crippen molar-refractivity contribution in [2.75, 3.05) is 17.6 Å². The van der Waals surface area contributed by atoms with Gasteiger partial charge < -0.3 is 10.6 Å². The van der Waals surface area contributed by atoms with Crippen molar-refractivity contribution in [1.29, 1.82) is 0 Å². The molecule has 0 spiro atoms. The fourth-order valence-corrected chi connectivity index (χ4v) is 4.01. The number of carbonyl (C=O) groups is 2. The topological polar surface area (TPSA) is 71.1 Å². The Morgan fingerprint density at radius 1 is 1.35 bits per heavy atom. The van der Waals surface area contributed by atoms with Crippen LogP contribution in [0.25, 0.3) is 0 Å². The number of nitrogens with one attached hydrogen (secondary N) is 2. The van der Waals surface area contributed by atoms with Gasteiger partial charge in [-0.15, -0.1) is 11.8 Å². The van der Waals surface area contributed by atoms with Crippen LogP contribution in [-0.4, -0.2) is 29.1 Å². The van der Waals surface area contributed by atoms with Crippen LogP contribution in [0.4, 0.5) is 5.13 Å². The number of rotatable bonds is 5. The molecular weight excluding hydrogens is 330 g/mol. The number of hydrogen-bond donors (Lipinski definition) is 2. The summed E-state index contributed by atoms with van der Waals surface area (Å²) < 4.78 is 0. The third kappa shape index (κ3) is 4.33. The van der Waals surface area contributed by atoms with Gasteiger partial charge in [-0.25, -0.2) is 4.98 Å². The molecule has 0 radical (unpaired) electrons. The number of thiazole rings is 1. The maximum Gasteiger partial charge on any atom is 0.263 e. The minimum Gasteiger partial charge on any atom is -0.351 e. The monoisotopic (exact) mass is 347 g/mol. The van der Waals surface area contributed by atoms with Crippen molar-refractivity contribution >= 4 is 40.0 Å². The van der Waals surface area contributed by atoms with Crippen molar-refractivity contribution in [2.24, 2.45) is 0 Å². The largest absolute Gasteiger partial charge is 0.351 e. The molecule has 5 nitrogen and oxygen atoms in total. The first kappa shape index (κ1) is 16.0. The second-order valence-electron chi connectivity index (χ2n) is 5.18. The summed E-state index contributed by atoms with van der Waals surface area (Å²) >= 11 is 2.81. The summed E-state index contributed by atoms with van der Waals surface area (Å²) in [6.07, 6.45) is 1.64. The minimum atomic E-state index is -0.0889.